The maximum atomic E-state index is 12.9. The molecule has 0 spiro atoms. The Morgan fingerprint density at radius 1 is 1.19 bits per heavy atom. The Bertz CT molecular complexity index is 476. The molecule has 0 saturated carbocycles. The second-order valence-electron chi connectivity index (χ2n) is 3.44. The summed E-state index contributed by atoms with van der Waals surface area (Å²) in [6, 6.07) is 3.41. The Hall–Kier alpha value is -1.42. The van der Waals surface area contributed by atoms with Crippen molar-refractivity contribution in [1.29, 1.82) is 0 Å². The van der Waals surface area contributed by atoms with Crippen LogP contribution in [-0.2, 0) is 12.3 Å². The number of hydrogen-bond donors (Lipinski definition) is 1. The Morgan fingerprint density at radius 2 is 1.88 bits per heavy atom. The van der Waals surface area contributed by atoms with Gasteiger partial charge in [0.15, 0.2) is 0 Å². The fourth-order valence-corrected chi connectivity index (χ4v) is 1.61. The quantitative estimate of drug-likeness (QED) is 0.824. The summed E-state index contributed by atoms with van der Waals surface area (Å²) < 4.78 is 25.8. The van der Waals surface area contributed by atoms with Crippen LogP contribution in [0.2, 0.25) is 0 Å². The van der Waals surface area contributed by atoms with Gasteiger partial charge in [0.05, 0.1) is 5.88 Å². The van der Waals surface area contributed by atoms with Crippen LogP contribution in [0.25, 0.3) is 0 Å². The maximum Gasteiger partial charge on any atom is 0.126 e. The van der Waals surface area contributed by atoms with Crippen molar-refractivity contribution in [2.45, 2.75) is 12.3 Å². The first-order valence-electron chi connectivity index (χ1n) is 4.71. The fourth-order valence-electron chi connectivity index (χ4n) is 1.47. The molecule has 0 unspecified atom stereocenters. The van der Waals surface area contributed by atoms with Crippen LogP contribution in [0, 0.1) is 11.6 Å². The van der Waals surface area contributed by atoms with Crippen LogP contribution in [0.4, 0.5) is 8.78 Å². The average Bonchev–Trinajstić information content (AvgIpc) is 2.64. The minimum Gasteiger partial charge on any atom is -0.345 e. The van der Waals surface area contributed by atoms with Crippen LogP contribution in [0.15, 0.2) is 24.4 Å². The summed E-state index contributed by atoms with van der Waals surface area (Å²) in [7, 11) is 0. The molecule has 5 heteroatoms. The Kier molecular flexibility index (Phi) is 3.19. The lowest BCUT2D eigenvalue weighted by molar-refractivity contribution is 0.580. The van der Waals surface area contributed by atoms with Gasteiger partial charge in [0.25, 0.3) is 0 Å². The van der Waals surface area contributed by atoms with Crippen molar-refractivity contribution in [1.82, 2.24) is 9.97 Å². The summed E-state index contributed by atoms with van der Waals surface area (Å²) in [6.07, 6.45) is 1.96. The smallest absolute Gasteiger partial charge is 0.126 e. The van der Waals surface area contributed by atoms with E-state index < -0.39 is 11.6 Å². The molecule has 84 valence electrons. The number of aromatic amines is 1. The molecule has 1 aromatic carbocycles. The first-order chi connectivity index (χ1) is 7.67. The molecule has 0 amide bonds. The number of H-pyrrole nitrogens is 1. The zero-order chi connectivity index (χ0) is 11.5. The van der Waals surface area contributed by atoms with Gasteiger partial charge in [-0.1, -0.05) is 0 Å². The molecule has 0 aliphatic rings. The largest absolute Gasteiger partial charge is 0.345 e. The highest BCUT2D eigenvalue weighted by atomic mass is 35.5. The van der Waals surface area contributed by atoms with Crippen molar-refractivity contribution >= 4 is 11.6 Å². The third-order valence-electron chi connectivity index (χ3n) is 2.12. The second-order valence-corrected chi connectivity index (χ2v) is 3.71. The van der Waals surface area contributed by atoms with Crippen molar-refractivity contribution in [3.63, 3.8) is 0 Å². The lowest BCUT2D eigenvalue weighted by atomic mass is 10.1. The van der Waals surface area contributed by atoms with Crippen LogP contribution < -0.4 is 0 Å². The van der Waals surface area contributed by atoms with E-state index in [-0.39, 0.29) is 0 Å². The van der Waals surface area contributed by atoms with Crippen molar-refractivity contribution in [3.05, 3.63) is 53.1 Å². The molecule has 1 N–H and O–H groups in total. The number of halogens is 3. The summed E-state index contributed by atoms with van der Waals surface area (Å²) in [4.78, 5) is 7.02. The van der Waals surface area contributed by atoms with Gasteiger partial charge >= 0.3 is 0 Å². The van der Waals surface area contributed by atoms with E-state index in [1.165, 1.54) is 12.1 Å². The molecule has 0 saturated heterocycles. The van der Waals surface area contributed by atoms with Crippen molar-refractivity contribution in [3.8, 4) is 0 Å². The molecule has 2 rings (SSSR count). The molecule has 1 aromatic heterocycles. The first-order valence-corrected chi connectivity index (χ1v) is 5.24. The van der Waals surface area contributed by atoms with Gasteiger partial charge in [-0.3, -0.25) is 0 Å². The highest BCUT2D eigenvalue weighted by Crippen LogP contribution is 2.12. The van der Waals surface area contributed by atoms with Crippen molar-refractivity contribution < 1.29 is 8.78 Å². The predicted molar refractivity (Wildman–Crippen MR) is 57.3 cm³/mol. The lowest BCUT2D eigenvalue weighted by Crippen LogP contribution is -1.93. The fraction of sp³-hybridized carbons (Fsp3) is 0.182. The SMILES string of the molecule is Fc1cc(F)cc(Cc2ncc(CCl)[nH]2)c1. The number of aromatic nitrogens is 2. The van der Waals surface area contributed by atoms with Gasteiger partial charge in [-0.05, 0) is 17.7 Å². The van der Waals surface area contributed by atoms with Crippen molar-refractivity contribution in [2.75, 3.05) is 0 Å². The molecule has 2 aromatic rings. The van der Waals surface area contributed by atoms with Crippen molar-refractivity contribution in [2.24, 2.45) is 0 Å². The van der Waals surface area contributed by atoms with E-state index in [0.717, 1.165) is 11.8 Å². The second kappa shape index (κ2) is 4.61. The molecule has 0 aliphatic heterocycles. The Morgan fingerprint density at radius 3 is 2.44 bits per heavy atom. The molecular weight excluding hydrogens is 234 g/mol. The molecule has 0 fully saturated rings. The van der Waals surface area contributed by atoms with E-state index in [1.807, 2.05) is 0 Å². The number of imidazole rings is 1. The molecule has 0 aliphatic carbocycles. The molecule has 0 bridgehead atoms. The van der Waals surface area contributed by atoms with E-state index in [0.29, 0.717) is 23.7 Å². The van der Waals surface area contributed by atoms with Crippen LogP contribution >= 0.6 is 11.6 Å². The number of benzene rings is 1. The van der Waals surface area contributed by atoms with Gasteiger partial charge in [0, 0.05) is 24.4 Å². The normalized spacial score (nSPS) is 10.7. The van der Waals surface area contributed by atoms with E-state index in [4.69, 9.17) is 11.6 Å². The topological polar surface area (TPSA) is 28.7 Å². The van der Waals surface area contributed by atoms with Gasteiger partial charge in [-0.2, -0.15) is 0 Å². The summed E-state index contributed by atoms with van der Waals surface area (Å²) in [5, 5.41) is 0. The third-order valence-corrected chi connectivity index (χ3v) is 2.41. The molecular formula is C11H9ClF2N2. The minimum atomic E-state index is -0.584. The third kappa shape index (κ3) is 2.58. The molecule has 1 heterocycles. The van der Waals surface area contributed by atoms with Crippen LogP contribution in [0.3, 0.4) is 0 Å². The van der Waals surface area contributed by atoms with E-state index in [1.54, 1.807) is 6.20 Å². The van der Waals surface area contributed by atoms with Gasteiger partial charge in [0.1, 0.15) is 17.5 Å². The van der Waals surface area contributed by atoms with Gasteiger partial charge < -0.3 is 4.98 Å². The van der Waals surface area contributed by atoms with Gasteiger partial charge in [-0.15, -0.1) is 11.6 Å². The van der Waals surface area contributed by atoms with E-state index >= 15 is 0 Å². The highest BCUT2D eigenvalue weighted by molar-refractivity contribution is 6.16. The van der Waals surface area contributed by atoms with Crippen LogP contribution in [-0.4, -0.2) is 9.97 Å². The lowest BCUT2D eigenvalue weighted by Gasteiger charge is -1.99. The molecule has 2 nitrogen and oxygen atoms in total. The predicted octanol–water partition coefficient (Wildman–Crippen LogP) is 3.02. The Balaban J connectivity index is 2.19. The van der Waals surface area contributed by atoms with E-state index in [9.17, 15) is 8.78 Å². The zero-order valence-electron chi connectivity index (χ0n) is 8.30. The van der Waals surface area contributed by atoms with Gasteiger partial charge in [0.2, 0.25) is 0 Å². The first kappa shape index (κ1) is 11.1. The number of rotatable bonds is 3. The monoisotopic (exact) mass is 242 g/mol. The average molecular weight is 243 g/mol. The number of nitrogens with one attached hydrogen (secondary N) is 1. The molecule has 0 atom stereocenters. The summed E-state index contributed by atoms with van der Waals surface area (Å²) in [5.41, 5.74) is 1.32. The summed E-state index contributed by atoms with van der Waals surface area (Å²) in [6.45, 7) is 0. The number of nitrogens with zero attached hydrogens (tertiary/aromatic N) is 1. The zero-order valence-corrected chi connectivity index (χ0v) is 9.06. The Labute approximate surface area is 96.3 Å². The standard InChI is InChI=1S/C11H9ClF2N2/c12-5-10-6-15-11(16-10)3-7-1-8(13)4-9(14)2-7/h1-2,4,6H,3,5H2,(H,15,16). The summed E-state index contributed by atoms with van der Waals surface area (Å²) >= 11 is 5.60. The molecule has 0 radical (unpaired) electrons. The maximum absolute atomic E-state index is 12.9. The number of alkyl halides is 1. The van der Waals surface area contributed by atoms with Gasteiger partial charge in [-0.25, -0.2) is 13.8 Å². The molecule has 16 heavy (non-hydrogen) atoms. The van der Waals surface area contributed by atoms with Crippen LogP contribution in [0.5, 0.6) is 0 Å². The van der Waals surface area contributed by atoms with Crippen LogP contribution in [0.1, 0.15) is 17.1 Å². The number of hydrogen-bond acceptors (Lipinski definition) is 1. The minimum absolute atomic E-state index is 0.338. The van der Waals surface area contributed by atoms with E-state index in [2.05, 4.69) is 9.97 Å². The summed E-state index contributed by atoms with van der Waals surface area (Å²) in [5.74, 6) is -0.191. The highest BCUT2D eigenvalue weighted by Gasteiger charge is 2.04.